The van der Waals surface area contributed by atoms with Crippen molar-refractivity contribution in [1.82, 2.24) is 19.4 Å². The Balaban J connectivity index is 1.32. The molecule has 0 bridgehead atoms. The lowest BCUT2D eigenvalue weighted by atomic mass is 10.1. The number of hydrogen-bond acceptors (Lipinski definition) is 4. The van der Waals surface area contributed by atoms with Crippen molar-refractivity contribution in [3.8, 4) is 0 Å². The number of carbonyl (C=O) groups excluding carboxylic acids is 1. The summed E-state index contributed by atoms with van der Waals surface area (Å²) in [4.78, 5) is 23.9. The van der Waals surface area contributed by atoms with Crippen molar-refractivity contribution in [3.05, 3.63) is 59.9 Å². The van der Waals surface area contributed by atoms with Crippen LogP contribution in [-0.2, 0) is 13.0 Å². The summed E-state index contributed by atoms with van der Waals surface area (Å²) in [6.07, 6.45) is 5.12. The Kier molecular flexibility index (Phi) is 6.04. The van der Waals surface area contributed by atoms with Gasteiger partial charge in [-0.2, -0.15) is 0 Å². The van der Waals surface area contributed by atoms with E-state index < -0.39 is 0 Å². The number of benzene rings is 1. The first-order valence-corrected chi connectivity index (χ1v) is 10.8. The van der Waals surface area contributed by atoms with Gasteiger partial charge in [0.05, 0.1) is 0 Å². The molecule has 1 aliphatic rings. The number of anilines is 1. The predicted octanol–water partition coefficient (Wildman–Crippen LogP) is 3.12. The number of fused-ring (bicyclic) bond motifs is 1. The number of aromatic nitrogens is 2. The highest BCUT2D eigenvalue weighted by Gasteiger charge is 2.22. The zero-order chi connectivity index (χ0) is 21.1. The van der Waals surface area contributed by atoms with Crippen molar-refractivity contribution in [3.63, 3.8) is 0 Å². The number of aryl methyl sites for hydroxylation is 1. The van der Waals surface area contributed by atoms with E-state index in [0.717, 1.165) is 62.6 Å². The summed E-state index contributed by atoms with van der Waals surface area (Å²) in [5.74, 6) is 0.136. The standard InChI is InChI=1S/C24H31N5O/c1-4-28-18-20(22-6-5-12-25-23(22)28)11-13-27-14-16-29(17-15-27)24(30)19-7-9-21(10-8-19)26(2)3/h5-10,12,18H,4,11,13-17H2,1-3H3. The number of rotatable bonds is 6. The molecular formula is C24H31N5O. The summed E-state index contributed by atoms with van der Waals surface area (Å²) < 4.78 is 2.23. The number of hydrogen-bond donors (Lipinski definition) is 0. The van der Waals surface area contributed by atoms with E-state index in [2.05, 4.69) is 33.6 Å². The van der Waals surface area contributed by atoms with E-state index in [1.807, 2.05) is 60.4 Å². The summed E-state index contributed by atoms with van der Waals surface area (Å²) >= 11 is 0. The van der Waals surface area contributed by atoms with Crippen molar-refractivity contribution in [2.75, 3.05) is 51.7 Å². The highest BCUT2D eigenvalue weighted by Crippen LogP contribution is 2.20. The van der Waals surface area contributed by atoms with E-state index in [1.165, 1.54) is 10.9 Å². The summed E-state index contributed by atoms with van der Waals surface area (Å²) in [6.45, 7) is 7.51. The Morgan fingerprint density at radius 1 is 1.07 bits per heavy atom. The third kappa shape index (κ3) is 4.19. The van der Waals surface area contributed by atoms with E-state index in [4.69, 9.17) is 0 Å². The molecule has 1 amide bonds. The monoisotopic (exact) mass is 405 g/mol. The molecule has 4 rings (SSSR count). The first-order valence-electron chi connectivity index (χ1n) is 10.8. The number of amides is 1. The molecule has 0 radical (unpaired) electrons. The predicted molar refractivity (Wildman–Crippen MR) is 122 cm³/mol. The van der Waals surface area contributed by atoms with Gasteiger partial charge in [-0.25, -0.2) is 4.98 Å². The van der Waals surface area contributed by atoms with Crippen LogP contribution in [0.5, 0.6) is 0 Å². The highest BCUT2D eigenvalue weighted by molar-refractivity contribution is 5.94. The first-order chi connectivity index (χ1) is 14.6. The SMILES string of the molecule is CCn1cc(CCN2CCN(C(=O)c3ccc(N(C)C)cc3)CC2)c2cccnc21. The lowest BCUT2D eigenvalue weighted by molar-refractivity contribution is 0.0638. The second-order valence-corrected chi connectivity index (χ2v) is 8.14. The molecular weight excluding hydrogens is 374 g/mol. The van der Waals surface area contributed by atoms with Crippen LogP contribution in [0.1, 0.15) is 22.8 Å². The van der Waals surface area contributed by atoms with E-state index in [0.29, 0.717) is 0 Å². The van der Waals surface area contributed by atoms with E-state index in [-0.39, 0.29) is 5.91 Å². The van der Waals surface area contributed by atoms with Crippen LogP contribution in [0.4, 0.5) is 5.69 Å². The lowest BCUT2D eigenvalue weighted by Gasteiger charge is -2.34. The number of piperazine rings is 1. The molecule has 0 aliphatic carbocycles. The molecule has 30 heavy (non-hydrogen) atoms. The molecule has 158 valence electrons. The second-order valence-electron chi connectivity index (χ2n) is 8.14. The van der Waals surface area contributed by atoms with Gasteiger partial charge in [0, 0.05) is 82.4 Å². The smallest absolute Gasteiger partial charge is 0.253 e. The van der Waals surface area contributed by atoms with Gasteiger partial charge in [0.1, 0.15) is 5.65 Å². The molecule has 1 aliphatic heterocycles. The molecule has 3 aromatic rings. The van der Waals surface area contributed by atoms with E-state index >= 15 is 0 Å². The molecule has 1 saturated heterocycles. The van der Waals surface area contributed by atoms with Crippen LogP contribution in [0, 0.1) is 0 Å². The van der Waals surface area contributed by atoms with Gasteiger partial charge in [-0.3, -0.25) is 9.69 Å². The zero-order valence-electron chi connectivity index (χ0n) is 18.2. The second kappa shape index (κ2) is 8.88. The minimum atomic E-state index is 0.136. The number of carbonyl (C=O) groups is 1. The Morgan fingerprint density at radius 3 is 2.47 bits per heavy atom. The van der Waals surface area contributed by atoms with Gasteiger partial charge in [0.25, 0.3) is 5.91 Å². The Labute approximate surface area is 178 Å². The number of pyridine rings is 1. The first kappa shape index (κ1) is 20.4. The van der Waals surface area contributed by atoms with Crippen molar-refractivity contribution in [2.24, 2.45) is 0 Å². The fourth-order valence-corrected chi connectivity index (χ4v) is 4.17. The molecule has 1 fully saturated rings. The van der Waals surface area contributed by atoms with Crippen LogP contribution in [0.2, 0.25) is 0 Å². The van der Waals surface area contributed by atoms with Crippen LogP contribution < -0.4 is 4.90 Å². The summed E-state index contributed by atoms with van der Waals surface area (Å²) in [5, 5.41) is 1.26. The average molecular weight is 406 g/mol. The zero-order valence-corrected chi connectivity index (χ0v) is 18.2. The van der Waals surface area contributed by atoms with Crippen LogP contribution in [0.3, 0.4) is 0 Å². The molecule has 1 aromatic carbocycles. The molecule has 3 heterocycles. The largest absolute Gasteiger partial charge is 0.378 e. The van der Waals surface area contributed by atoms with Gasteiger partial charge in [0.2, 0.25) is 0 Å². The molecule has 2 aromatic heterocycles. The maximum Gasteiger partial charge on any atom is 0.253 e. The molecule has 0 atom stereocenters. The maximum absolute atomic E-state index is 12.8. The van der Waals surface area contributed by atoms with Crippen molar-refractivity contribution >= 4 is 22.6 Å². The average Bonchev–Trinajstić information content (AvgIpc) is 3.15. The van der Waals surface area contributed by atoms with Crippen molar-refractivity contribution in [1.29, 1.82) is 0 Å². The van der Waals surface area contributed by atoms with Gasteiger partial charge in [-0.1, -0.05) is 0 Å². The summed E-state index contributed by atoms with van der Waals surface area (Å²) in [7, 11) is 4.01. The normalized spacial score (nSPS) is 15.0. The van der Waals surface area contributed by atoms with Crippen LogP contribution >= 0.6 is 0 Å². The van der Waals surface area contributed by atoms with Gasteiger partial charge < -0.3 is 14.4 Å². The maximum atomic E-state index is 12.8. The quantitative estimate of drug-likeness (QED) is 0.632. The Morgan fingerprint density at radius 2 is 1.80 bits per heavy atom. The summed E-state index contributed by atoms with van der Waals surface area (Å²) in [6, 6.07) is 12.1. The van der Waals surface area contributed by atoms with Crippen molar-refractivity contribution < 1.29 is 4.79 Å². The Bertz CT molecular complexity index is 1000. The topological polar surface area (TPSA) is 44.6 Å². The van der Waals surface area contributed by atoms with Gasteiger partial charge in [-0.15, -0.1) is 0 Å². The van der Waals surface area contributed by atoms with E-state index in [9.17, 15) is 4.79 Å². The molecule has 0 spiro atoms. The van der Waals surface area contributed by atoms with Crippen LogP contribution in [0.15, 0.2) is 48.8 Å². The third-order valence-electron chi connectivity index (χ3n) is 6.04. The highest BCUT2D eigenvalue weighted by atomic mass is 16.2. The van der Waals surface area contributed by atoms with Crippen LogP contribution in [0.25, 0.3) is 11.0 Å². The minimum Gasteiger partial charge on any atom is -0.378 e. The molecule has 0 saturated carbocycles. The summed E-state index contributed by atoms with van der Waals surface area (Å²) in [5.41, 5.74) is 4.31. The Hall–Kier alpha value is -2.86. The van der Waals surface area contributed by atoms with Gasteiger partial charge in [-0.05, 0) is 55.3 Å². The number of nitrogens with zero attached hydrogens (tertiary/aromatic N) is 5. The lowest BCUT2D eigenvalue weighted by Crippen LogP contribution is -2.49. The van der Waals surface area contributed by atoms with Gasteiger partial charge in [0.15, 0.2) is 0 Å². The minimum absolute atomic E-state index is 0.136. The molecule has 6 heteroatoms. The van der Waals surface area contributed by atoms with Gasteiger partial charge >= 0.3 is 0 Å². The fourth-order valence-electron chi connectivity index (χ4n) is 4.17. The molecule has 6 nitrogen and oxygen atoms in total. The molecule has 0 N–H and O–H groups in total. The van der Waals surface area contributed by atoms with E-state index in [1.54, 1.807) is 0 Å². The molecule has 0 unspecified atom stereocenters. The van der Waals surface area contributed by atoms with Crippen molar-refractivity contribution in [2.45, 2.75) is 19.9 Å². The third-order valence-corrected chi connectivity index (χ3v) is 6.04. The van der Waals surface area contributed by atoms with Crippen LogP contribution in [-0.4, -0.2) is 72.1 Å². The fraction of sp³-hybridized carbons (Fsp3) is 0.417.